The summed E-state index contributed by atoms with van der Waals surface area (Å²) in [7, 11) is 0. The maximum absolute atomic E-state index is 12.9. The van der Waals surface area contributed by atoms with E-state index in [0.717, 1.165) is 18.2 Å². The summed E-state index contributed by atoms with van der Waals surface area (Å²) in [5.74, 6) is 0.189. The van der Waals surface area contributed by atoms with E-state index in [1.807, 2.05) is 6.07 Å². The highest BCUT2D eigenvalue weighted by Gasteiger charge is 2.31. The fourth-order valence-electron chi connectivity index (χ4n) is 2.16. The van der Waals surface area contributed by atoms with Crippen molar-refractivity contribution in [2.75, 3.05) is 10.6 Å². The van der Waals surface area contributed by atoms with Crippen LogP contribution in [0, 0.1) is 11.3 Å². The Hall–Kier alpha value is -3.38. The van der Waals surface area contributed by atoms with Gasteiger partial charge in [0.2, 0.25) is 5.95 Å². The van der Waals surface area contributed by atoms with Gasteiger partial charge in [0.1, 0.15) is 6.07 Å². The van der Waals surface area contributed by atoms with E-state index in [1.54, 1.807) is 24.3 Å². The number of nitrogens with zero attached hydrogens (tertiary/aromatic N) is 4. The number of anilines is 4. The molecule has 3 aromatic rings. The molecule has 0 fully saturated rings. The number of benzene rings is 2. The van der Waals surface area contributed by atoms with Crippen LogP contribution in [0.5, 0.6) is 0 Å². The third kappa shape index (κ3) is 4.43. The molecule has 0 unspecified atom stereocenters. The van der Waals surface area contributed by atoms with Crippen LogP contribution >= 0.6 is 11.6 Å². The SMILES string of the molecule is N#Cc1ccccc1Nc1nncc(Nc2cc(C(F)(F)F)ccc2Cl)n1. The van der Waals surface area contributed by atoms with Crippen molar-refractivity contribution >= 4 is 34.7 Å². The van der Waals surface area contributed by atoms with Gasteiger partial charge in [-0.3, -0.25) is 0 Å². The maximum Gasteiger partial charge on any atom is 0.416 e. The fraction of sp³-hybridized carbons (Fsp3) is 0.0588. The van der Waals surface area contributed by atoms with Gasteiger partial charge in [0.15, 0.2) is 5.82 Å². The number of para-hydroxylation sites is 1. The lowest BCUT2D eigenvalue weighted by molar-refractivity contribution is -0.137. The lowest BCUT2D eigenvalue weighted by Gasteiger charge is -2.12. The monoisotopic (exact) mass is 390 g/mol. The zero-order chi connectivity index (χ0) is 19.4. The predicted molar refractivity (Wildman–Crippen MR) is 94.0 cm³/mol. The van der Waals surface area contributed by atoms with E-state index in [9.17, 15) is 13.2 Å². The Morgan fingerprint density at radius 1 is 1.04 bits per heavy atom. The largest absolute Gasteiger partial charge is 0.416 e. The molecule has 1 heterocycles. The Kier molecular flexibility index (Phi) is 5.09. The molecule has 0 aliphatic rings. The first-order valence-corrected chi connectivity index (χ1v) is 7.84. The number of rotatable bonds is 4. The van der Waals surface area contributed by atoms with Crippen LogP contribution in [0.15, 0.2) is 48.7 Å². The second kappa shape index (κ2) is 7.47. The number of aromatic nitrogens is 3. The summed E-state index contributed by atoms with van der Waals surface area (Å²) in [6.07, 6.45) is -3.27. The second-order valence-electron chi connectivity index (χ2n) is 5.26. The first kappa shape index (κ1) is 18.4. The van der Waals surface area contributed by atoms with Gasteiger partial charge in [0, 0.05) is 0 Å². The van der Waals surface area contributed by atoms with Crippen molar-refractivity contribution in [2.24, 2.45) is 0 Å². The minimum atomic E-state index is -4.50. The van der Waals surface area contributed by atoms with Gasteiger partial charge in [-0.05, 0) is 30.3 Å². The van der Waals surface area contributed by atoms with E-state index in [4.69, 9.17) is 16.9 Å². The van der Waals surface area contributed by atoms with Gasteiger partial charge in [-0.1, -0.05) is 23.7 Å². The molecule has 0 bridgehead atoms. The number of hydrogen-bond donors (Lipinski definition) is 2. The first-order valence-electron chi connectivity index (χ1n) is 7.46. The smallest absolute Gasteiger partial charge is 0.338 e. The van der Waals surface area contributed by atoms with Crippen molar-refractivity contribution in [3.8, 4) is 6.07 Å². The van der Waals surface area contributed by atoms with Crippen LogP contribution in [-0.4, -0.2) is 15.2 Å². The fourth-order valence-corrected chi connectivity index (χ4v) is 2.33. The van der Waals surface area contributed by atoms with Crippen molar-refractivity contribution < 1.29 is 13.2 Å². The standard InChI is InChI=1S/C17H10ClF3N6/c18-12-6-5-11(17(19,20)21)7-14(12)24-15-9-23-27-16(26-15)25-13-4-2-1-3-10(13)8-22/h1-7,9H,(H2,24,25,26,27). The molecule has 0 aliphatic carbocycles. The van der Waals surface area contributed by atoms with Crippen molar-refractivity contribution in [1.29, 1.82) is 5.26 Å². The van der Waals surface area contributed by atoms with Crippen LogP contribution in [0.25, 0.3) is 0 Å². The molecule has 10 heteroatoms. The van der Waals surface area contributed by atoms with Gasteiger partial charge in [-0.2, -0.15) is 28.5 Å². The van der Waals surface area contributed by atoms with Crippen molar-refractivity contribution in [2.45, 2.75) is 6.18 Å². The van der Waals surface area contributed by atoms with Crippen LogP contribution < -0.4 is 10.6 Å². The summed E-state index contributed by atoms with van der Waals surface area (Å²) in [4.78, 5) is 4.13. The van der Waals surface area contributed by atoms with Gasteiger partial charge in [0.25, 0.3) is 0 Å². The average Bonchev–Trinajstić information content (AvgIpc) is 2.63. The molecule has 2 N–H and O–H groups in total. The average molecular weight is 391 g/mol. The minimum Gasteiger partial charge on any atom is -0.338 e. The van der Waals surface area contributed by atoms with Crippen molar-refractivity contribution in [3.63, 3.8) is 0 Å². The summed E-state index contributed by atoms with van der Waals surface area (Å²) in [5, 5.41) is 22.3. The summed E-state index contributed by atoms with van der Waals surface area (Å²) in [6, 6.07) is 11.6. The highest BCUT2D eigenvalue weighted by molar-refractivity contribution is 6.33. The van der Waals surface area contributed by atoms with Crippen LogP contribution in [-0.2, 0) is 6.18 Å². The third-order valence-corrected chi connectivity index (χ3v) is 3.74. The van der Waals surface area contributed by atoms with Crippen LogP contribution in [0.3, 0.4) is 0 Å². The molecule has 6 nitrogen and oxygen atoms in total. The molecular weight excluding hydrogens is 381 g/mol. The zero-order valence-electron chi connectivity index (χ0n) is 13.4. The highest BCUT2D eigenvalue weighted by Crippen LogP contribution is 2.34. The van der Waals surface area contributed by atoms with Crippen LogP contribution in [0.4, 0.5) is 36.3 Å². The third-order valence-electron chi connectivity index (χ3n) is 3.41. The number of nitriles is 1. The minimum absolute atomic E-state index is 0.0235. The zero-order valence-corrected chi connectivity index (χ0v) is 14.2. The number of hydrogen-bond acceptors (Lipinski definition) is 6. The molecular formula is C17H10ClF3N6. The molecule has 0 saturated carbocycles. The highest BCUT2D eigenvalue weighted by atomic mass is 35.5. The Bertz CT molecular complexity index is 1020. The number of nitrogens with one attached hydrogen (secondary N) is 2. The summed E-state index contributed by atoms with van der Waals surface area (Å²) >= 11 is 5.96. The number of halogens is 4. The van der Waals surface area contributed by atoms with Crippen LogP contribution in [0.1, 0.15) is 11.1 Å². The molecule has 0 amide bonds. The van der Waals surface area contributed by atoms with E-state index >= 15 is 0 Å². The van der Waals surface area contributed by atoms with Crippen molar-refractivity contribution in [3.05, 3.63) is 64.8 Å². The summed E-state index contributed by atoms with van der Waals surface area (Å²) in [5.41, 5.74) is 0.0181. The lowest BCUT2D eigenvalue weighted by Crippen LogP contribution is -2.07. The second-order valence-corrected chi connectivity index (χ2v) is 5.67. The molecule has 0 saturated heterocycles. The first-order chi connectivity index (χ1) is 12.9. The summed E-state index contributed by atoms with van der Waals surface area (Å²) < 4.78 is 38.6. The molecule has 0 aliphatic heterocycles. The van der Waals surface area contributed by atoms with E-state index in [0.29, 0.717) is 11.3 Å². The Morgan fingerprint density at radius 3 is 2.56 bits per heavy atom. The maximum atomic E-state index is 12.9. The molecule has 0 radical (unpaired) electrons. The quantitative estimate of drug-likeness (QED) is 0.658. The predicted octanol–water partition coefficient (Wildman–Crippen LogP) is 4.90. The van der Waals surface area contributed by atoms with Crippen molar-refractivity contribution in [1.82, 2.24) is 15.2 Å². The normalized spacial score (nSPS) is 10.9. The Morgan fingerprint density at radius 2 is 1.81 bits per heavy atom. The molecule has 2 aromatic carbocycles. The molecule has 136 valence electrons. The lowest BCUT2D eigenvalue weighted by atomic mass is 10.2. The van der Waals surface area contributed by atoms with Gasteiger partial charge in [-0.25, -0.2) is 0 Å². The van der Waals surface area contributed by atoms with E-state index in [1.165, 1.54) is 6.20 Å². The van der Waals surface area contributed by atoms with E-state index in [2.05, 4.69) is 25.8 Å². The molecule has 0 spiro atoms. The van der Waals surface area contributed by atoms with E-state index < -0.39 is 11.7 Å². The summed E-state index contributed by atoms with van der Waals surface area (Å²) in [6.45, 7) is 0. The van der Waals surface area contributed by atoms with Gasteiger partial charge in [-0.15, -0.1) is 5.10 Å². The Labute approximate surface area is 156 Å². The van der Waals surface area contributed by atoms with Gasteiger partial charge >= 0.3 is 6.18 Å². The van der Waals surface area contributed by atoms with Crippen LogP contribution in [0.2, 0.25) is 5.02 Å². The topological polar surface area (TPSA) is 86.5 Å². The molecule has 3 rings (SSSR count). The molecule has 1 aromatic heterocycles. The molecule has 27 heavy (non-hydrogen) atoms. The van der Waals surface area contributed by atoms with E-state index in [-0.39, 0.29) is 22.5 Å². The van der Waals surface area contributed by atoms with Gasteiger partial charge < -0.3 is 10.6 Å². The Balaban J connectivity index is 1.86. The number of alkyl halides is 3. The van der Waals surface area contributed by atoms with Gasteiger partial charge in [0.05, 0.1) is 33.7 Å². The molecule has 0 atom stereocenters.